The number of rotatable bonds is 9. The van der Waals surface area contributed by atoms with E-state index in [-0.39, 0.29) is 0 Å². The minimum Gasteiger partial charge on any atom is -0.355 e. The Morgan fingerprint density at radius 1 is 1.20 bits per heavy atom. The van der Waals surface area contributed by atoms with Gasteiger partial charge >= 0.3 is 0 Å². The number of hydrogen-bond donors (Lipinski definition) is 2. The van der Waals surface area contributed by atoms with E-state index >= 15 is 0 Å². The van der Waals surface area contributed by atoms with E-state index in [0.717, 1.165) is 45.2 Å². The molecule has 0 saturated carbocycles. The molecule has 0 aromatic heterocycles. The van der Waals surface area contributed by atoms with Crippen molar-refractivity contribution in [3.05, 3.63) is 35.9 Å². The minimum absolute atomic E-state index is 0.585. The quantitative estimate of drug-likeness (QED) is 0.532. The van der Waals surface area contributed by atoms with Gasteiger partial charge in [-0.1, -0.05) is 44.2 Å². The molecule has 0 aliphatic carbocycles. The second-order valence-corrected chi connectivity index (χ2v) is 6.66. The van der Waals surface area contributed by atoms with Crippen molar-refractivity contribution in [1.29, 1.82) is 0 Å². The molecule has 1 aromatic rings. The van der Waals surface area contributed by atoms with E-state index in [9.17, 15) is 0 Å². The zero-order chi connectivity index (χ0) is 17.9. The standard InChI is InChI=1S/C20H35N5/c1-4-24(5-2)15-13-22-20(21-3)23-16-19-12-9-14-25(19)17-18-10-7-6-8-11-18/h6-8,10-11,19H,4-5,9,12-17H2,1-3H3,(H2,21,22,23). The molecule has 2 N–H and O–H groups in total. The summed E-state index contributed by atoms with van der Waals surface area (Å²) in [5, 5.41) is 6.95. The summed E-state index contributed by atoms with van der Waals surface area (Å²) in [5.41, 5.74) is 1.40. The molecule has 2 rings (SSSR count). The van der Waals surface area contributed by atoms with Gasteiger partial charge in [0.25, 0.3) is 0 Å². The molecule has 1 heterocycles. The Kier molecular flexibility index (Phi) is 8.77. The highest BCUT2D eigenvalue weighted by Gasteiger charge is 2.24. The first-order chi connectivity index (χ1) is 12.3. The Balaban J connectivity index is 1.74. The van der Waals surface area contributed by atoms with Gasteiger partial charge in [-0.15, -0.1) is 0 Å². The van der Waals surface area contributed by atoms with Crippen LogP contribution < -0.4 is 10.6 Å². The van der Waals surface area contributed by atoms with E-state index < -0.39 is 0 Å². The Morgan fingerprint density at radius 2 is 1.96 bits per heavy atom. The maximum atomic E-state index is 4.36. The summed E-state index contributed by atoms with van der Waals surface area (Å²) in [6.07, 6.45) is 2.55. The molecule has 25 heavy (non-hydrogen) atoms. The maximum absolute atomic E-state index is 4.36. The summed E-state index contributed by atoms with van der Waals surface area (Å²) < 4.78 is 0. The van der Waals surface area contributed by atoms with Crippen LogP contribution in [0.15, 0.2) is 35.3 Å². The first-order valence-corrected chi connectivity index (χ1v) is 9.71. The number of hydrogen-bond acceptors (Lipinski definition) is 3. The van der Waals surface area contributed by atoms with Crippen LogP contribution in [-0.2, 0) is 6.54 Å². The molecule has 0 radical (unpaired) electrons. The van der Waals surface area contributed by atoms with Crippen LogP contribution in [0, 0.1) is 0 Å². The van der Waals surface area contributed by atoms with Gasteiger partial charge in [0.15, 0.2) is 5.96 Å². The average Bonchev–Trinajstić information content (AvgIpc) is 3.09. The molecule has 1 unspecified atom stereocenters. The fourth-order valence-corrected chi connectivity index (χ4v) is 3.46. The SMILES string of the molecule is CCN(CC)CCNC(=NC)NCC1CCCN1Cc1ccccc1. The van der Waals surface area contributed by atoms with Crippen LogP contribution in [0.4, 0.5) is 0 Å². The Morgan fingerprint density at radius 3 is 2.64 bits per heavy atom. The van der Waals surface area contributed by atoms with E-state index in [1.54, 1.807) is 0 Å². The molecular formula is C20H35N5. The molecule has 0 bridgehead atoms. The van der Waals surface area contributed by atoms with Crippen molar-refractivity contribution in [1.82, 2.24) is 20.4 Å². The molecule has 1 atom stereocenters. The van der Waals surface area contributed by atoms with Crippen molar-refractivity contribution in [2.24, 2.45) is 4.99 Å². The normalized spacial score (nSPS) is 18.7. The van der Waals surface area contributed by atoms with Gasteiger partial charge in [-0.2, -0.15) is 0 Å². The van der Waals surface area contributed by atoms with Crippen molar-refractivity contribution >= 4 is 5.96 Å². The highest BCUT2D eigenvalue weighted by Crippen LogP contribution is 2.19. The molecule has 1 aliphatic rings. The summed E-state index contributed by atoms with van der Waals surface area (Å²) in [6.45, 7) is 11.8. The van der Waals surface area contributed by atoms with Crippen LogP contribution in [-0.4, -0.2) is 68.1 Å². The number of guanidine groups is 1. The van der Waals surface area contributed by atoms with Crippen LogP contribution in [0.5, 0.6) is 0 Å². The number of nitrogens with zero attached hydrogens (tertiary/aromatic N) is 3. The number of likely N-dealkylation sites (tertiary alicyclic amines) is 1. The number of likely N-dealkylation sites (N-methyl/N-ethyl adjacent to an activating group) is 1. The molecule has 140 valence electrons. The van der Waals surface area contributed by atoms with E-state index in [0.29, 0.717) is 6.04 Å². The summed E-state index contributed by atoms with van der Waals surface area (Å²) in [4.78, 5) is 9.37. The lowest BCUT2D eigenvalue weighted by atomic mass is 10.2. The van der Waals surface area contributed by atoms with Crippen LogP contribution in [0.2, 0.25) is 0 Å². The number of aliphatic imine (C=N–C) groups is 1. The fourth-order valence-electron chi connectivity index (χ4n) is 3.46. The van der Waals surface area contributed by atoms with Gasteiger partial charge < -0.3 is 15.5 Å². The Bertz CT molecular complexity index is 498. The predicted molar refractivity (Wildman–Crippen MR) is 107 cm³/mol. The van der Waals surface area contributed by atoms with Crippen LogP contribution in [0.1, 0.15) is 32.3 Å². The van der Waals surface area contributed by atoms with Gasteiger partial charge in [0.05, 0.1) is 0 Å². The third-order valence-corrected chi connectivity index (χ3v) is 5.07. The zero-order valence-corrected chi connectivity index (χ0v) is 16.2. The highest BCUT2D eigenvalue weighted by molar-refractivity contribution is 5.79. The van der Waals surface area contributed by atoms with E-state index in [4.69, 9.17) is 0 Å². The van der Waals surface area contributed by atoms with Gasteiger partial charge in [-0.3, -0.25) is 9.89 Å². The molecule has 5 nitrogen and oxygen atoms in total. The van der Waals surface area contributed by atoms with E-state index in [2.05, 4.69) is 69.6 Å². The number of nitrogens with one attached hydrogen (secondary N) is 2. The molecule has 1 fully saturated rings. The van der Waals surface area contributed by atoms with Gasteiger partial charge in [0.2, 0.25) is 0 Å². The van der Waals surface area contributed by atoms with Gasteiger partial charge in [0.1, 0.15) is 0 Å². The third-order valence-electron chi connectivity index (χ3n) is 5.07. The van der Waals surface area contributed by atoms with Crippen molar-refractivity contribution in [2.45, 2.75) is 39.3 Å². The lowest BCUT2D eigenvalue weighted by Crippen LogP contribution is -2.46. The van der Waals surface area contributed by atoms with Crippen molar-refractivity contribution in [2.75, 3.05) is 46.3 Å². The number of benzene rings is 1. The summed E-state index contributed by atoms with van der Waals surface area (Å²) in [5.74, 6) is 0.915. The first-order valence-electron chi connectivity index (χ1n) is 9.71. The van der Waals surface area contributed by atoms with Gasteiger partial charge in [-0.25, -0.2) is 0 Å². The lowest BCUT2D eigenvalue weighted by molar-refractivity contribution is 0.245. The molecule has 1 saturated heterocycles. The molecular weight excluding hydrogens is 310 g/mol. The Labute approximate surface area is 153 Å². The zero-order valence-electron chi connectivity index (χ0n) is 16.2. The smallest absolute Gasteiger partial charge is 0.191 e. The summed E-state index contributed by atoms with van der Waals surface area (Å²) in [6, 6.07) is 11.4. The van der Waals surface area contributed by atoms with Gasteiger partial charge in [-0.05, 0) is 38.0 Å². The van der Waals surface area contributed by atoms with E-state index in [1.165, 1.54) is 24.9 Å². The third kappa shape index (κ3) is 6.67. The van der Waals surface area contributed by atoms with Crippen LogP contribution in [0.25, 0.3) is 0 Å². The molecule has 0 spiro atoms. The lowest BCUT2D eigenvalue weighted by Gasteiger charge is -2.26. The summed E-state index contributed by atoms with van der Waals surface area (Å²) in [7, 11) is 1.85. The van der Waals surface area contributed by atoms with Gasteiger partial charge in [0, 0.05) is 39.3 Å². The van der Waals surface area contributed by atoms with Crippen molar-refractivity contribution in [3.63, 3.8) is 0 Å². The second-order valence-electron chi connectivity index (χ2n) is 6.66. The average molecular weight is 346 g/mol. The maximum Gasteiger partial charge on any atom is 0.191 e. The Hall–Kier alpha value is -1.59. The molecule has 5 heteroatoms. The monoisotopic (exact) mass is 345 g/mol. The minimum atomic E-state index is 0.585. The molecule has 0 amide bonds. The largest absolute Gasteiger partial charge is 0.355 e. The van der Waals surface area contributed by atoms with Crippen LogP contribution >= 0.6 is 0 Å². The van der Waals surface area contributed by atoms with Crippen LogP contribution in [0.3, 0.4) is 0 Å². The van der Waals surface area contributed by atoms with Crippen molar-refractivity contribution < 1.29 is 0 Å². The molecule has 1 aromatic carbocycles. The topological polar surface area (TPSA) is 42.9 Å². The second kappa shape index (κ2) is 11.1. The highest BCUT2D eigenvalue weighted by atomic mass is 15.2. The van der Waals surface area contributed by atoms with E-state index in [1.807, 2.05) is 7.05 Å². The predicted octanol–water partition coefficient (Wildman–Crippen LogP) is 2.16. The first kappa shape index (κ1) is 19.7. The summed E-state index contributed by atoms with van der Waals surface area (Å²) >= 11 is 0. The molecule has 1 aliphatic heterocycles. The van der Waals surface area contributed by atoms with Crippen molar-refractivity contribution in [3.8, 4) is 0 Å². The fraction of sp³-hybridized carbons (Fsp3) is 0.650.